The molecule has 0 saturated carbocycles. The molecule has 2 N–H and O–H groups in total. The Morgan fingerprint density at radius 2 is 1.90 bits per heavy atom. The minimum absolute atomic E-state index is 0.375. The van der Waals surface area contributed by atoms with Crippen molar-refractivity contribution in [2.45, 2.75) is 24.8 Å². The number of hydrogen-bond acceptors (Lipinski definition) is 7. The maximum absolute atomic E-state index is 12.0. The topological polar surface area (TPSA) is 96.2 Å². The lowest BCUT2D eigenvalue weighted by molar-refractivity contribution is 0.416. The summed E-state index contributed by atoms with van der Waals surface area (Å²) in [5.41, 5.74) is 4.05. The van der Waals surface area contributed by atoms with Crippen molar-refractivity contribution in [3.8, 4) is 17.1 Å². The zero-order chi connectivity index (χ0) is 20.5. The number of hydrogen-bond donors (Lipinski definition) is 1. The van der Waals surface area contributed by atoms with E-state index >= 15 is 0 Å². The number of nitrogens with zero attached hydrogens (tertiary/aromatic N) is 3. The minimum atomic E-state index is -0.375. The van der Waals surface area contributed by atoms with Crippen molar-refractivity contribution in [3.05, 3.63) is 69.6 Å². The van der Waals surface area contributed by atoms with Crippen molar-refractivity contribution in [3.63, 3.8) is 0 Å². The van der Waals surface area contributed by atoms with Gasteiger partial charge in [0, 0.05) is 17.2 Å². The number of benzene rings is 2. The molecule has 0 fully saturated rings. The second kappa shape index (κ2) is 7.63. The number of aromatic nitrogens is 3. The van der Waals surface area contributed by atoms with Crippen LogP contribution in [0.1, 0.15) is 16.7 Å². The average molecular weight is 408 g/mol. The molecule has 0 radical (unpaired) electrons. The molecule has 4 aromatic rings. The number of ether oxygens (including phenoxy) is 1. The summed E-state index contributed by atoms with van der Waals surface area (Å²) in [6.45, 7) is 4.03. The molecule has 148 valence electrons. The molecule has 2 aromatic heterocycles. The highest BCUT2D eigenvalue weighted by molar-refractivity contribution is 7.98. The van der Waals surface area contributed by atoms with Crippen LogP contribution in [0.15, 0.2) is 56.8 Å². The second-order valence-corrected chi connectivity index (χ2v) is 7.63. The Morgan fingerprint density at radius 3 is 2.69 bits per heavy atom. The van der Waals surface area contributed by atoms with Gasteiger partial charge < -0.3 is 15.0 Å². The maximum Gasteiger partial charge on any atom is 0.336 e. The van der Waals surface area contributed by atoms with Gasteiger partial charge in [0.05, 0.1) is 12.7 Å². The highest BCUT2D eigenvalue weighted by Gasteiger charge is 2.16. The van der Waals surface area contributed by atoms with Gasteiger partial charge in [-0.25, -0.2) is 9.47 Å². The lowest BCUT2D eigenvalue weighted by atomic mass is 10.0. The first-order valence-electron chi connectivity index (χ1n) is 8.98. The van der Waals surface area contributed by atoms with Crippen LogP contribution in [0.5, 0.6) is 5.75 Å². The van der Waals surface area contributed by atoms with E-state index in [-0.39, 0.29) is 5.63 Å². The Morgan fingerprint density at radius 1 is 1.14 bits per heavy atom. The van der Waals surface area contributed by atoms with E-state index < -0.39 is 0 Å². The molecular formula is C21H20N4O3S. The first-order chi connectivity index (χ1) is 14.0. The lowest BCUT2D eigenvalue weighted by Crippen LogP contribution is -2.12. The summed E-state index contributed by atoms with van der Waals surface area (Å²) in [5, 5.41) is 9.88. The van der Waals surface area contributed by atoms with Crippen LogP contribution in [0.25, 0.3) is 22.4 Å². The largest absolute Gasteiger partial charge is 0.496 e. The molecule has 8 heteroatoms. The Bertz CT molecular complexity index is 1260. The number of fused-ring (bicyclic) bond motifs is 1. The summed E-state index contributed by atoms with van der Waals surface area (Å²) >= 11 is 1.41. The van der Waals surface area contributed by atoms with E-state index in [1.807, 2.05) is 50.2 Å². The predicted molar refractivity (Wildman–Crippen MR) is 114 cm³/mol. The second-order valence-electron chi connectivity index (χ2n) is 6.69. The van der Waals surface area contributed by atoms with Gasteiger partial charge >= 0.3 is 5.63 Å². The summed E-state index contributed by atoms with van der Waals surface area (Å²) in [7, 11) is 1.60. The smallest absolute Gasteiger partial charge is 0.336 e. The number of nitrogens with two attached hydrogens (primary N) is 1. The van der Waals surface area contributed by atoms with Crippen LogP contribution >= 0.6 is 11.8 Å². The van der Waals surface area contributed by atoms with Gasteiger partial charge in [0.2, 0.25) is 5.16 Å². The highest BCUT2D eigenvalue weighted by atomic mass is 32.2. The zero-order valence-electron chi connectivity index (χ0n) is 16.3. The maximum atomic E-state index is 12.0. The van der Waals surface area contributed by atoms with E-state index in [1.165, 1.54) is 22.5 Å². The fraction of sp³-hybridized carbons (Fsp3) is 0.190. The van der Waals surface area contributed by atoms with E-state index in [0.29, 0.717) is 28.1 Å². The van der Waals surface area contributed by atoms with Gasteiger partial charge in [-0.2, -0.15) is 0 Å². The van der Waals surface area contributed by atoms with Crippen LogP contribution in [0.3, 0.4) is 0 Å². The molecule has 0 aliphatic carbocycles. The Hall–Kier alpha value is -3.26. The van der Waals surface area contributed by atoms with Gasteiger partial charge in [-0.3, -0.25) is 0 Å². The molecule has 2 heterocycles. The van der Waals surface area contributed by atoms with Crippen molar-refractivity contribution >= 4 is 22.7 Å². The normalized spacial score (nSPS) is 11.1. The lowest BCUT2D eigenvalue weighted by Gasteiger charge is -2.09. The first-order valence-corrected chi connectivity index (χ1v) is 9.97. The predicted octanol–water partition coefficient (Wildman–Crippen LogP) is 3.68. The van der Waals surface area contributed by atoms with Crippen molar-refractivity contribution in [2.24, 2.45) is 0 Å². The minimum Gasteiger partial charge on any atom is -0.496 e. The molecule has 0 saturated heterocycles. The van der Waals surface area contributed by atoms with Gasteiger partial charge in [-0.1, -0.05) is 23.9 Å². The van der Waals surface area contributed by atoms with Crippen LogP contribution < -0.4 is 16.2 Å². The fourth-order valence-corrected chi connectivity index (χ4v) is 3.98. The van der Waals surface area contributed by atoms with Gasteiger partial charge in [-0.15, -0.1) is 10.2 Å². The summed E-state index contributed by atoms with van der Waals surface area (Å²) in [6, 6.07) is 12.9. The third-order valence-electron chi connectivity index (χ3n) is 4.81. The summed E-state index contributed by atoms with van der Waals surface area (Å²) in [4.78, 5) is 12.0. The number of rotatable bonds is 5. The summed E-state index contributed by atoms with van der Waals surface area (Å²) in [6.07, 6.45) is 0. The van der Waals surface area contributed by atoms with E-state index in [2.05, 4.69) is 10.2 Å². The Kier molecular flexibility index (Phi) is 5.02. The molecule has 4 rings (SSSR count). The summed E-state index contributed by atoms with van der Waals surface area (Å²) in [5.74, 6) is 7.93. The number of methoxy groups -OCH3 is 1. The van der Waals surface area contributed by atoms with Gasteiger partial charge in [0.1, 0.15) is 11.3 Å². The van der Waals surface area contributed by atoms with Crippen LogP contribution in [0.2, 0.25) is 0 Å². The van der Waals surface area contributed by atoms with Crippen LogP contribution in [-0.4, -0.2) is 22.0 Å². The van der Waals surface area contributed by atoms with Crippen molar-refractivity contribution in [2.75, 3.05) is 13.0 Å². The van der Waals surface area contributed by atoms with Crippen LogP contribution in [-0.2, 0) is 5.75 Å². The fourth-order valence-electron chi connectivity index (χ4n) is 3.13. The molecule has 2 aromatic carbocycles. The van der Waals surface area contributed by atoms with E-state index in [0.717, 1.165) is 27.6 Å². The van der Waals surface area contributed by atoms with E-state index in [4.69, 9.17) is 15.0 Å². The quantitative estimate of drug-likeness (QED) is 0.306. The summed E-state index contributed by atoms with van der Waals surface area (Å²) < 4.78 is 12.2. The number of aryl methyl sites for hydroxylation is 2. The van der Waals surface area contributed by atoms with Crippen LogP contribution in [0.4, 0.5) is 0 Å². The molecule has 0 bridgehead atoms. The molecule has 0 amide bonds. The van der Waals surface area contributed by atoms with Crippen molar-refractivity contribution < 1.29 is 9.15 Å². The first kappa shape index (κ1) is 19.1. The average Bonchev–Trinajstić information content (AvgIpc) is 3.07. The molecular weight excluding hydrogens is 388 g/mol. The van der Waals surface area contributed by atoms with E-state index in [1.54, 1.807) is 7.11 Å². The standard InChI is InChI=1S/C21H20N4O3S/c1-12-8-16-14(10-19(26)28-18(16)9-13(12)2)11-29-21-24-23-20(25(21)22)15-6-4-5-7-17(15)27-3/h4-10H,11,22H2,1-3H3. The monoisotopic (exact) mass is 408 g/mol. The molecule has 0 atom stereocenters. The molecule has 0 spiro atoms. The third-order valence-corrected chi connectivity index (χ3v) is 5.81. The Labute approximate surface area is 171 Å². The highest BCUT2D eigenvalue weighted by Crippen LogP contribution is 2.31. The van der Waals surface area contributed by atoms with Gasteiger partial charge in [0.25, 0.3) is 0 Å². The molecule has 29 heavy (non-hydrogen) atoms. The Balaban J connectivity index is 1.66. The molecule has 0 aliphatic rings. The van der Waals surface area contributed by atoms with Gasteiger partial charge in [-0.05, 0) is 54.8 Å². The number of para-hydroxylation sites is 1. The van der Waals surface area contributed by atoms with Crippen molar-refractivity contribution in [1.82, 2.24) is 14.9 Å². The number of thioether (sulfide) groups is 1. The zero-order valence-corrected chi connectivity index (χ0v) is 17.1. The van der Waals surface area contributed by atoms with Crippen molar-refractivity contribution in [1.29, 1.82) is 0 Å². The number of nitrogen functional groups attached to an aromatic ring is 1. The SMILES string of the molecule is COc1ccccc1-c1nnc(SCc2cc(=O)oc3cc(C)c(C)cc23)n1N. The van der Waals surface area contributed by atoms with Crippen LogP contribution in [0, 0.1) is 13.8 Å². The van der Waals surface area contributed by atoms with Gasteiger partial charge in [0.15, 0.2) is 5.82 Å². The van der Waals surface area contributed by atoms with E-state index in [9.17, 15) is 4.79 Å². The molecule has 0 unspecified atom stereocenters. The molecule has 0 aliphatic heterocycles. The third kappa shape index (κ3) is 3.58. The molecule has 7 nitrogen and oxygen atoms in total.